The average molecular weight is 562 g/mol. The Morgan fingerprint density at radius 2 is 1.61 bits per heavy atom. The summed E-state index contributed by atoms with van der Waals surface area (Å²) in [5, 5.41) is 12.9. The lowest BCUT2D eigenvalue weighted by atomic mass is 10.1. The van der Waals surface area contributed by atoms with E-state index >= 15 is 0 Å². The van der Waals surface area contributed by atoms with Gasteiger partial charge in [-0.1, -0.05) is 60.2 Å². The molecule has 5 aromatic rings. The van der Waals surface area contributed by atoms with Gasteiger partial charge in [-0.3, -0.25) is 9.59 Å². The summed E-state index contributed by atoms with van der Waals surface area (Å²) in [7, 11) is 0. The summed E-state index contributed by atoms with van der Waals surface area (Å²) in [4.78, 5) is 29.5. The van der Waals surface area contributed by atoms with Crippen molar-refractivity contribution in [2.24, 2.45) is 5.10 Å². The molecular weight excluding hydrogens is 534 g/mol. The minimum absolute atomic E-state index is 0.166. The van der Waals surface area contributed by atoms with Crippen molar-refractivity contribution in [2.45, 2.75) is 6.92 Å². The Bertz CT molecular complexity index is 1650. The van der Waals surface area contributed by atoms with E-state index in [0.717, 1.165) is 22.1 Å². The topological polar surface area (TPSA) is 105 Å². The van der Waals surface area contributed by atoms with Gasteiger partial charge < -0.3 is 15.4 Å². The first-order chi connectivity index (χ1) is 20.0. The van der Waals surface area contributed by atoms with Gasteiger partial charge in [0.1, 0.15) is 5.75 Å². The number of para-hydroxylation sites is 2. The van der Waals surface area contributed by atoms with Crippen molar-refractivity contribution in [1.29, 1.82) is 0 Å². The maximum atomic E-state index is 12.7. The highest BCUT2D eigenvalue weighted by atomic mass is 32.1. The number of amides is 2. The zero-order valence-corrected chi connectivity index (χ0v) is 23.0. The Balaban J connectivity index is 1.14. The number of ether oxygens (including phenoxy) is 1. The molecule has 0 radical (unpaired) electrons. The van der Waals surface area contributed by atoms with Crippen LogP contribution in [0.3, 0.4) is 0 Å². The third-order valence-corrected chi connectivity index (χ3v) is 6.71. The molecule has 0 atom stereocenters. The number of thiazole rings is 1. The molecule has 0 spiro atoms. The minimum atomic E-state index is -0.353. The quantitative estimate of drug-likeness (QED) is 0.131. The van der Waals surface area contributed by atoms with Crippen LogP contribution in [0.4, 0.5) is 16.5 Å². The van der Waals surface area contributed by atoms with Gasteiger partial charge >= 0.3 is 0 Å². The van der Waals surface area contributed by atoms with E-state index in [-0.39, 0.29) is 18.4 Å². The first-order valence-electron chi connectivity index (χ1n) is 12.8. The van der Waals surface area contributed by atoms with Crippen LogP contribution in [-0.2, 0) is 4.79 Å². The Labute approximate surface area is 241 Å². The molecule has 9 heteroatoms. The molecule has 5 rings (SSSR count). The molecule has 0 saturated carbocycles. The van der Waals surface area contributed by atoms with E-state index in [1.165, 1.54) is 23.1 Å². The minimum Gasteiger partial charge on any atom is -0.483 e. The summed E-state index contributed by atoms with van der Waals surface area (Å²) >= 11 is 1.52. The molecule has 0 unspecified atom stereocenters. The van der Waals surface area contributed by atoms with Crippen LogP contribution in [0.1, 0.15) is 21.5 Å². The summed E-state index contributed by atoms with van der Waals surface area (Å²) in [6, 6.07) is 31.6. The van der Waals surface area contributed by atoms with Gasteiger partial charge in [0, 0.05) is 33.4 Å². The molecule has 8 nitrogen and oxygen atoms in total. The zero-order chi connectivity index (χ0) is 28.4. The van der Waals surface area contributed by atoms with Crippen molar-refractivity contribution in [3.8, 4) is 17.0 Å². The number of hydrogen-bond acceptors (Lipinski definition) is 7. The summed E-state index contributed by atoms with van der Waals surface area (Å²) in [5.41, 5.74) is 8.21. The molecule has 2 amide bonds. The third kappa shape index (κ3) is 7.65. The van der Waals surface area contributed by atoms with Gasteiger partial charge in [0.2, 0.25) is 0 Å². The molecule has 1 heterocycles. The van der Waals surface area contributed by atoms with E-state index in [2.05, 4.69) is 26.1 Å². The number of hydrazone groups is 1. The molecule has 41 heavy (non-hydrogen) atoms. The van der Waals surface area contributed by atoms with Crippen LogP contribution in [0.5, 0.6) is 5.75 Å². The number of hydrogen-bond donors (Lipinski definition) is 3. The van der Waals surface area contributed by atoms with Gasteiger partial charge in [0.05, 0.1) is 11.9 Å². The molecular formula is C32H27N5O3S. The first-order valence-corrected chi connectivity index (χ1v) is 13.7. The second-order valence-electron chi connectivity index (χ2n) is 9.05. The predicted octanol–water partition coefficient (Wildman–Crippen LogP) is 6.64. The number of rotatable bonds is 10. The molecule has 0 aliphatic carbocycles. The van der Waals surface area contributed by atoms with Gasteiger partial charge in [-0.05, 0) is 55.5 Å². The van der Waals surface area contributed by atoms with Crippen molar-refractivity contribution in [2.75, 3.05) is 17.2 Å². The number of anilines is 3. The molecule has 0 bridgehead atoms. The Morgan fingerprint density at radius 1 is 0.878 bits per heavy atom. The molecule has 1 aromatic heterocycles. The molecule has 204 valence electrons. The van der Waals surface area contributed by atoms with Gasteiger partial charge in [-0.15, -0.1) is 11.3 Å². The summed E-state index contributed by atoms with van der Waals surface area (Å²) in [6.45, 7) is 1.88. The lowest BCUT2D eigenvalue weighted by Crippen LogP contribution is -2.20. The number of benzene rings is 4. The molecule has 0 aliphatic heterocycles. The number of nitrogens with zero attached hydrogens (tertiary/aromatic N) is 2. The van der Waals surface area contributed by atoms with Crippen LogP contribution in [0, 0.1) is 6.92 Å². The van der Waals surface area contributed by atoms with Gasteiger partial charge in [0.25, 0.3) is 11.8 Å². The van der Waals surface area contributed by atoms with Gasteiger partial charge in [-0.2, -0.15) is 5.10 Å². The third-order valence-electron chi connectivity index (χ3n) is 5.95. The Hall–Kier alpha value is -5.28. The molecule has 0 aliphatic rings. The monoisotopic (exact) mass is 561 g/mol. The summed E-state index contributed by atoms with van der Waals surface area (Å²) < 4.78 is 5.68. The van der Waals surface area contributed by atoms with E-state index < -0.39 is 0 Å². The van der Waals surface area contributed by atoms with Crippen LogP contribution in [0.2, 0.25) is 0 Å². The number of aryl methyl sites for hydroxylation is 1. The SMILES string of the molecule is Cc1ccc(Nc2nc(-c3ccc(C(=O)N/N=C/c4ccccc4OCC(=O)Nc4ccccc4)cc3)cs2)cc1. The standard InChI is InChI=1S/C32H27N5O3S/c1-22-11-17-27(18-12-22)35-32-36-28(21-41-32)23-13-15-24(16-14-23)31(39)37-33-19-25-7-5-6-10-29(25)40-20-30(38)34-26-8-3-2-4-9-26/h2-19,21H,20H2,1H3,(H,34,38)(H,35,36)(H,37,39)/b33-19+. The first kappa shape index (κ1) is 27.3. The number of nitrogens with one attached hydrogen (secondary N) is 3. The van der Waals surface area contributed by atoms with Crippen molar-refractivity contribution in [3.63, 3.8) is 0 Å². The normalized spacial score (nSPS) is 10.8. The second-order valence-corrected chi connectivity index (χ2v) is 9.90. The fourth-order valence-electron chi connectivity index (χ4n) is 3.82. The molecule has 0 saturated heterocycles. The summed E-state index contributed by atoms with van der Waals surface area (Å²) in [6.07, 6.45) is 1.48. The molecule has 4 aromatic carbocycles. The van der Waals surface area contributed by atoms with Crippen LogP contribution in [0.15, 0.2) is 114 Å². The predicted molar refractivity (Wildman–Crippen MR) is 164 cm³/mol. The average Bonchev–Trinajstić information content (AvgIpc) is 3.47. The van der Waals surface area contributed by atoms with Crippen molar-refractivity contribution in [3.05, 3.63) is 125 Å². The lowest BCUT2D eigenvalue weighted by molar-refractivity contribution is -0.118. The fraction of sp³-hybridized carbons (Fsp3) is 0.0625. The molecule has 3 N–H and O–H groups in total. The Morgan fingerprint density at radius 3 is 2.39 bits per heavy atom. The van der Waals surface area contributed by atoms with Crippen LogP contribution in [0.25, 0.3) is 11.3 Å². The van der Waals surface area contributed by atoms with Crippen LogP contribution >= 0.6 is 11.3 Å². The van der Waals surface area contributed by atoms with E-state index in [1.807, 2.05) is 73.0 Å². The Kier molecular flexibility index (Phi) is 8.78. The largest absolute Gasteiger partial charge is 0.483 e. The number of aromatic nitrogens is 1. The van der Waals surface area contributed by atoms with Crippen LogP contribution in [-0.4, -0.2) is 29.6 Å². The number of carbonyl (C=O) groups excluding carboxylic acids is 2. The van der Waals surface area contributed by atoms with E-state index in [4.69, 9.17) is 4.74 Å². The van der Waals surface area contributed by atoms with E-state index in [0.29, 0.717) is 22.6 Å². The van der Waals surface area contributed by atoms with Gasteiger partial charge in [0.15, 0.2) is 11.7 Å². The van der Waals surface area contributed by atoms with Gasteiger partial charge in [-0.25, -0.2) is 10.4 Å². The van der Waals surface area contributed by atoms with Crippen molar-refractivity contribution < 1.29 is 14.3 Å². The van der Waals surface area contributed by atoms with Crippen molar-refractivity contribution >= 4 is 45.9 Å². The van der Waals surface area contributed by atoms with Crippen LogP contribution < -0.4 is 20.8 Å². The maximum absolute atomic E-state index is 12.7. The highest BCUT2D eigenvalue weighted by Gasteiger charge is 2.09. The fourth-order valence-corrected chi connectivity index (χ4v) is 4.56. The van der Waals surface area contributed by atoms with E-state index in [1.54, 1.807) is 42.5 Å². The van der Waals surface area contributed by atoms with E-state index in [9.17, 15) is 9.59 Å². The van der Waals surface area contributed by atoms with Crippen molar-refractivity contribution in [1.82, 2.24) is 10.4 Å². The molecule has 0 fully saturated rings. The highest BCUT2D eigenvalue weighted by Crippen LogP contribution is 2.27. The highest BCUT2D eigenvalue weighted by molar-refractivity contribution is 7.14. The maximum Gasteiger partial charge on any atom is 0.271 e. The zero-order valence-electron chi connectivity index (χ0n) is 22.2. The smallest absolute Gasteiger partial charge is 0.271 e. The summed E-state index contributed by atoms with van der Waals surface area (Å²) in [5.74, 6) is -0.165. The number of carbonyl (C=O) groups is 2. The second kappa shape index (κ2) is 13.2. The lowest BCUT2D eigenvalue weighted by Gasteiger charge is -2.09.